The highest BCUT2D eigenvalue weighted by Gasteiger charge is 2.30. The fourth-order valence-corrected chi connectivity index (χ4v) is 1.68. The van der Waals surface area contributed by atoms with Crippen molar-refractivity contribution in [1.29, 1.82) is 0 Å². The van der Waals surface area contributed by atoms with Gasteiger partial charge in [-0.3, -0.25) is 4.79 Å². The molecule has 0 aliphatic rings. The van der Waals surface area contributed by atoms with E-state index in [9.17, 15) is 18.0 Å². The zero-order valence-corrected chi connectivity index (χ0v) is 11.7. The molecule has 0 radical (unpaired) electrons. The van der Waals surface area contributed by atoms with Crippen LogP contribution < -0.4 is 10.6 Å². The van der Waals surface area contributed by atoms with Crippen molar-refractivity contribution >= 4 is 11.6 Å². The highest BCUT2D eigenvalue weighted by molar-refractivity contribution is 5.72. The molecule has 0 spiro atoms. The van der Waals surface area contributed by atoms with E-state index in [1.165, 1.54) is 19.1 Å². The van der Waals surface area contributed by atoms with Gasteiger partial charge < -0.3 is 10.6 Å². The molecule has 0 aliphatic carbocycles. The van der Waals surface area contributed by atoms with Crippen LogP contribution in [0.5, 0.6) is 0 Å². The first-order chi connectivity index (χ1) is 9.20. The van der Waals surface area contributed by atoms with Gasteiger partial charge in [0, 0.05) is 25.2 Å². The summed E-state index contributed by atoms with van der Waals surface area (Å²) >= 11 is 0. The second-order valence-electron chi connectivity index (χ2n) is 5.01. The van der Waals surface area contributed by atoms with Crippen LogP contribution in [0.25, 0.3) is 0 Å². The Labute approximate surface area is 116 Å². The number of rotatable bonds is 5. The van der Waals surface area contributed by atoms with Crippen LogP contribution >= 0.6 is 0 Å². The smallest absolute Gasteiger partial charge is 0.380 e. The Morgan fingerprint density at radius 2 is 1.75 bits per heavy atom. The molecule has 0 fully saturated rings. The number of carbonyl (C=O) groups excluding carboxylic acids is 1. The van der Waals surface area contributed by atoms with Gasteiger partial charge in [-0.2, -0.15) is 13.2 Å². The minimum Gasteiger partial charge on any atom is -0.380 e. The third kappa shape index (κ3) is 5.11. The van der Waals surface area contributed by atoms with E-state index >= 15 is 0 Å². The highest BCUT2D eigenvalue weighted by Crippen LogP contribution is 2.30. The maximum Gasteiger partial charge on any atom is 0.416 e. The average Bonchev–Trinajstić information content (AvgIpc) is 2.33. The number of carbonyl (C=O) groups is 1. The predicted molar refractivity (Wildman–Crippen MR) is 72.4 cm³/mol. The maximum absolute atomic E-state index is 12.5. The summed E-state index contributed by atoms with van der Waals surface area (Å²) in [6.07, 6.45) is -4.33. The molecule has 0 unspecified atom stereocenters. The Kier molecular flexibility index (Phi) is 5.42. The van der Waals surface area contributed by atoms with E-state index < -0.39 is 11.7 Å². The van der Waals surface area contributed by atoms with Crippen molar-refractivity contribution < 1.29 is 18.0 Å². The lowest BCUT2D eigenvalue weighted by Gasteiger charge is -2.24. The topological polar surface area (TPSA) is 41.1 Å². The summed E-state index contributed by atoms with van der Waals surface area (Å²) < 4.78 is 37.4. The van der Waals surface area contributed by atoms with Crippen molar-refractivity contribution in [3.8, 4) is 0 Å². The maximum atomic E-state index is 12.5. The van der Waals surface area contributed by atoms with E-state index in [-0.39, 0.29) is 17.9 Å². The van der Waals surface area contributed by atoms with Crippen LogP contribution in [0.2, 0.25) is 0 Å². The van der Waals surface area contributed by atoms with Gasteiger partial charge in [0.15, 0.2) is 0 Å². The quantitative estimate of drug-likeness (QED) is 0.873. The van der Waals surface area contributed by atoms with Crippen LogP contribution in [-0.2, 0) is 11.0 Å². The second-order valence-corrected chi connectivity index (χ2v) is 5.01. The molecule has 1 aromatic rings. The van der Waals surface area contributed by atoms with E-state index in [2.05, 4.69) is 10.6 Å². The summed E-state index contributed by atoms with van der Waals surface area (Å²) in [4.78, 5) is 10.9. The number of halogens is 3. The lowest BCUT2D eigenvalue weighted by Crippen LogP contribution is -2.38. The number of hydrogen-bond donors (Lipinski definition) is 2. The summed E-state index contributed by atoms with van der Waals surface area (Å²) in [5.41, 5.74) is -0.0759. The Morgan fingerprint density at radius 3 is 2.15 bits per heavy atom. The molecule has 0 bridgehead atoms. The van der Waals surface area contributed by atoms with Crippen LogP contribution in [-0.4, -0.2) is 18.5 Å². The van der Waals surface area contributed by atoms with Gasteiger partial charge in [0.2, 0.25) is 5.91 Å². The molecule has 1 atom stereocenters. The second kappa shape index (κ2) is 6.63. The van der Waals surface area contributed by atoms with Crippen molar-refractivity contribution in [3.63, 3.8) is 0 Å². The van der Waals surface area contributed by atoms with Gasteiger partial charge in [-0.1, -0.05) is 13.8 Å². The minimum absolute atomic E-state index is 0.0457. The van der Waals surface area contributed by atoms with Crippen LogP contribution in [0.4, 0.5) is 18.9 Å². The van der Waals surface area contributed by atoms with E-state index in [0.29, 0.717) is 12.2 Å². The third-order valence-corrected chi connectivity index (χ3v) is 2.94. The monoisotopic (exact) mass is 288 g/mol. The molecule has 3 nitrogen and oxygen atoms in total. The van der Waals surface area contributed by atoms with E-state index in [1.807, 2.05) is 13.8 Å². The fourth-order valence-electron chi connectivity index (χ4n) is 1.68. The highest BCUT2D eigenvalue weighted by atomic mass is 19.4. The predicted octanol–water partition coefficient (Wildman–Crippen LogP) is 3.28. The number of amides is 1. The first kappa shape index (κ1) is 16.3. The first-order valence-corrected chi connectivity index (χ1v) is 6.38. The Morgan fingerprint density at radius 1 is 1.20 bits per heavy atom. The van der Waals surface area contributed by atoms with Gasteiger partial charge in [0.25, 0.3) is 0 Å². The standard InChI is InChI=1S/C14H19F3N2O/c1-9(2)13(8-18-10(3)20)19-12-6-4-11(5-7-12)14(15,16)17/h4-7,9,13,19H,8H2,1-3H3,(H,18,20)/t13-/m0/s1. The average molecular weight is 288 g/mol. The Hall–Kier alpha value is -1.72. The number of nitrogens with one attached hydrogen (secondary N) is 2. The molecule has 1 amide bonds. The summed E-state index contributed by atoms with van der Waals surface area (Å²) in [6.45, 7) is 5.80. The van der Waals surface area contributed by atoms with Crippen molar-refractivity contribution in [2.75, 3.05) is 11.9 Å². The number of alkyl halides is 3. The summed E-state index contributed by atoms with van der Waals surface area (Å²) in [7, 11) is 0. The summed E-state index contributed by atoms with van der Waals surface area (Å²) in [6, 6.07) is 4.82. The lowest BCUT2D eigenvalue weighted by molar-refractivity contribution is -0.137. The SMILES string of the molecule is CC(=O)NC[C@H](Nc1ccc(C(F)(F)F)cc1)C(C)C. The van der Waals surface area contributed by atoms with E-state index in [0.717, 1.165) is 12.1 Å². The Balaban J connectivity index is 2.71. The minimum atomic E-state index is -4.33. The zero-order valence-electron chi connectivity index (χ0n) is 11.7. The number of benzene rings is 1. The van der Waals surface area contributed by atoms with Crippen LogP contribution in [0.3, 0.4) is 0 Å². The molecule has 20 heavy (non-hydrogen) atoms. The molecular formula is C14H19F3N2O. The molecule has 112 valence electrons. The van der Waals surface area contributed by atoms with Crippen molar-refractivity contribution in [3.05, 3.63) is 29.8 Å². The molecule has 0 heterocycles. The number of hydrogen-bond acceptors (Lipinski definition) is 2. The van der Waals surface area contributed by atoms with Crippen LogP contribution in [0, 0.1) is 5.92 Å². The van der Waals surface area contributed by atoms with Gasteiger partial charge in [0.05, 0.1) is 5.56 Å². The molecule has 2 N–H and O–H groups in total. The summed E-state index contributed by atoms with van der Waals surface area (Å²) in [5, 5.41) is 5.83. The van der Waals surface area contributed by atoms with E-state index in [1.54, 1.807) is 0 Å². The van der Waals surface area contributed by atoms with Crippen molar-refractivity contribution in [2.45, 2.75) is 33.0 Å². The van der Waals surface area contributed by atoms with Gasteiger partial charge in [0.1, 0.15) is 0 Å². The zero-order chi connectivity index (χ0) is 15.3. The number of anilines is 1. The van der Waals surface area contributed by atoms with Gasteiger partial charge >= 0.3 is 6.18 Å². The fraction of sp³-hybridized carbons (Fsp3) is 0.500. The normalized spacial score (nSPS) is 13.2. The van der Waals surface area contributed by atoms with Crippen molar-refractivity contribution in [2.24, 2.45) is 5.92 Å². The Bertz CT molecular complexity index is 441. The molecule has 0 saturated carbocycles. The lowest BCUT2D eigenvalue weighted by atomic mass is 10.0. The van der Waals surface area contributed by atoms with Crippen LogP contribution in [0.15, 0.2) is 24.3 Å². The van der Waals surface area contributed by atoms with Gasteiger partial charge in [-0.15, -0.1) is 0 Å². The van der Waals surface area contributed by atoms with Gasteiger partial charge in [-0.25, -0.2) is 0 Å². The third-order valence-electron chi connectivity index (χ3n) is 2.94. The molecule has 6 heteroatoms. The largest absolute Gasteiger partial charge is 0.416 e. The molecule has 0 aromatic heterocycles. The molecule has 1 aromatic carbocycles. The van der Waals surface area contributed by atoms with Crippen LogP contribution in [0.1, 0.15) is 26.3 Å². The summed E-state index contributed by atoms with van der Waals surface area (Å²) in [5.74, 6) is 0.0917. The molecule has 1 rings (SSSR count). The first-order valence-electron chi connectivity index (χ1n) is 6.38. The van der Waals surface area contributed by atoms with Crippen molar-refractivity contribution in [1.82, 2.24) is 5.32 Å². The van der Waals surface area contributed by atoms with E-state index in [4.69, 9.17) is 0 Å². The molecular weight excluding hydrogens is 269 g/mol. The van der Waals surface area contributed by atoms with Gasteiger partial charge in [-0.05, 0) is 30.2 Å². The molecule has 0 aliphatic heterocycles. The molecule has 0 saturated heterocycles.